The first kappa shape index (κ1) is 19.0. The lowest BCUT2D eigenvalue weighted by molar-refractivity contribution is 0.178. The zero-order chi connectivity index (χ0) is 19.4. The highest BCUT2D eigenvalue weighted by molar-refractivity contribution is 5.46. The van der Waals surface area contributed by atoms with E-state index in [0.717, 1.165) is 6.42 Å². The van der Waals surface area contributed by atoms with Gasteiger partial charge in [0.2, 0.25) is 0 Å². The SMILES string of the molecule is CCC=C(C)C1C(C)(c2oc(OC)c(C)c(=O)c2C)C=C(C)C2OC21C. The van der Waals surface area contributed by atoms with E-state index in [1.54, 1.807) is 6.92 Å². The van der Waals surface area contributed by atoms with Crippen molar-refractivity contribution in [3.8, 4) is 5.95 Å². The first-order valence-electron chi connectivity index (χ1n) is 9.34. The van der Waals surface area contributed by atoms with Crippen molar-refractivity contribution in [2.45, 2.75) is 72.0 Å². The predicted molar refractivity (Wildman–Crippen MR) is 103 cm³/mol. The maximum atomic E-state index is 12.8. The molecule has 26 heavy (non-hydrogen) atoms. The van der Waals surface area contributed by atoms with Gasteiger partial charge in [-0.1, -0.05) is 24.6 Å². The summed E-state index contributed by atoms with van der Waals surface area (Å²) in [7, 11) is 1.54. The van der Waals surface area contributed by atoms with E-state index in [2.05, 4.69) is 46.8 Å². The lowest BCUT2D eigenvalue weighted by atomic mass is 9.60. The molecule has 2 heterocycles. The van der Waals surface area contributed by atoms with Crippen LogP contribution in [0.15, 0.2) is 32.5 Å². The Morgan fingerprint density at radius 2 is 1.92 bits per heavy atom. The fourth-order valence-electron chi connectivity index (χ4n) is 5.20. The molecule has 4 unspecified atom stereocenters. The van der Waals surface area contributed by atoms with Crippen molar-refractivity contribution in [1.82, 2.24) is 0 Å². The number of rotatable bonds is 4. The lowest BCUT2D eigenvalue weighted by Gasteiger charge is -2.41. The van der Waals surface area contributed by atoms with Crippen LogP contribution in [0.1, 0.15) is 57.9 Å². The van der Waals surface area contributed by atoms with Crippen LogP contribution in [0.25, 0.3) is 0 Å². The monoisotopic (exact) mass is 358 g/mol. The van der Waals surface area contributed by atoms with E-state index < -0.39 is 5.41 Å². The Kier molecular flexibility index (Phi) is 4.47. The molecule has 1 saturated heterocycles. The maximum absolute atomic E-state index is 12.8. The minimum Gasteiger partial charge on any atom is -0.468 e. The molecule has 2 aliphatic rings. The number of ether oxygens (including phenoxy) is 2. The van der Waals surface area contributed by atoms with E-state index in [1.807, 2.05) is 6.92 Å². The Labute approximate surface area is 155 Å². The van der Waals surface area contributed by atoms with E-state index in [9.17, 15) is 4.79 Å². The van der Waals surface area contributed by atoms with E-state index in [-0.39, 0.29) is 23.1 Å². The third-order valence-electron chi connectivity index (χ3n) is 6.13. The van der Waals surface area contributed by atoms with Crippen LogP contribution in [-0.4, -0.2) is 18.8 Å². The molecule has 4 nitrogen and oxygen atoms in total. The number of hydrogen-bond acceptors (Lipinski definition) is 4. The largest absolute Gasteiger partial charge is 0.468 e. The molecular weight excluding hydrogens is 328 g/mol. The summed E-state index contributed by atoms with van der Waals surface area (Å²) < 4.78 is 17.7. The average molecular weight is 358 g/mol. The van der Waals surface area contributed by atoms with Crippen molar-refractivity contribution in [2.75, 3.05) is 7.11 Å². The van der Waals surface area contributed by atoms with Crippen LogP contribution in [0.5, 0.6) is 5.95 Å². The molecule has 4 atom stereocenters. The summed E-state index contributed by atoms with van der Waals surface area (Å²) >= 11 is 0. The summed E-state index contributed by atoms with van der Waals surface area (Å²) in [5.41, 5.74) is 2.85. The summed E-state index contributed by atoms with van der Waals surface area (Å²) in [6, 6.07) is 0. The van der Waals surface area contributed by atoms with E-state index in [1.165, 1.54) is 18.3 Å². The average Bonchev–Trinajstić information content (AvgIpc) is 3.25. The summed E-state index contributed by atoms with van der Waals surface area (Å²) in [5, 5.41) is 0. The number of hydrogen-bond donors (Lipinski definition) is 0. The van der Waals surface area contributed by atoms with Crippen molar-refractivity contribution in [3.05, 3.63) is 50.4 Å². The second kappa shape index (κ2) is 6.12. The summed E-state index contributed by atoms with van der Waals surface area (Å²) in [4.78, 5) is 12.8. The Hall–Kier alpha value is -1.81. The van der Waals surface area contributed by atoms with Gasteiger partial charge in [-0.2, -0.15) is 0 Å². The smallest absolute Gasteiger partial charge is 0.291 e. The first-order chi connectivity index (χ1) is 12.1. The van der Waals surface area contributed by atoms with Crippen molar-refractivity contribution >= 4 is 0 Å². The minimum atomic E-state index is -0.480. The molecule has 0 radical (unpaired) electrons. The zero-order valence-electron chi connectivity index (χ0n) is 17.1. The fourth-order valence-corrected chi connectivity index (χ4v) is 5.20. The zero-order valence-corrected chi connectivity index (χ0v) is 17.1. The molecule has 0 amide bonds. The van der Waals surface area contributed by atoms with E-state index >= 15 is 0 Å². The Balaban J connectivity index is 2.30. The molecule has 3 rings (SSSR count). The number of allylic oxidation sites excluding steroid dienone is 2. The molecule has 0 N–H and O–H groups in total. The quantitative estimate of drug-likeness (QED) is 0.582. The Bertz CT molecular complexity index is 860. The van der Waals surface area contributed by atoms with Gasteiger partial charge in [0.1, 0.15) is 17.5 Å². The molecule has 0 saturated carbocycles. The fraction of sp³-hybridized carbons (Fsp3) is 0.591. The van der Waals surface area contributed by atoms with Gasteiger partial charge in [-0.25, -0.2) is 0 Å². The highest BCUT2D eigenvalue weighted by Crippen LogP contribution is 2.60. The lowest BCUT2D eigenvalue weighted by Crippen LogP contribution is -2.45. The molecule has 0 bridgehead atoms. The van der Waals surface area contributed by atoms with Gasteiger partial charge in [0.05, 0.1) is 18.1 Å². The molecule has 0 aromatic carbocycles. The molecule has 1 fully saturated rings. The van der Waals surface area contributed by atoms with Crippen molar-refractivity contribution in [1.29, 1.82) is 0 Å². The molecule has 0 spiro atoms. The number of epoxide rings is 1. The molecule has 1 aromatic rings. The highest BCUT2D eigenvalue weighted by atomic mass is 16.6. The van der Waals surface area contributed by atoms with Gasteiger partial charge >= 0.3 is 0 Å². The number of methoxy groups -OCH3 is 1. The topological polar surface area (TPSA) is 52.0 Å². The maximum Gasteiger partial charge on any atom is 0.291 e. The van der Waals surface area contributed by atoms with Crippen LogP contribution < -0.4 is 10.2 Å². The summed E-state index contributed by atoms with van der Waals surface area (Å²) in [5.74, 6) is 1.06. The van der Waals surface area contributed by atoms with Gasteiger partial charge in [-0.05, 0) is 53.5 Å². The molecular formula is C22H30O4. The van der Waals surface area contributed by atoms with Gasteiger partial charge in [0, 0.05) is 11.5 Å². The van der Waals surface area contributed by atoms with Crippen LogP contribution in [0, 0.1) is 19.8 Å². The second-order valence-electron chi connectivity index (χ2n) is 8.14. The third kappa shape index (κ3) is 2.50. The third-order valence-corrected chi connectivity index (χ3v) is 6.13. The van der Waals surface area contributed by atoms with Crippen molar-refractivity contribution in [3.63, 3.8) is 0 Å². The molecule has 142 valence electrons. The number of fused-ring (bicyclic) bond motifs is 1. The van der Waals surface area contributed by atoms with Crippen LogP contribution in [0.4, 0.5) is 0 Å². The van der Waals surface area contributed by atoms with Gasteiger partial charge in [0.15, 0.2) is 5.43 Å². The molecule has 1 aromatic heterocycles. The van der Waals surface area contributed by atoms with E-state index in [0.29, 0.717) is 22.8 Å². The van der Waals surface area contributed by atoms with E-state index in [4.69, 9.17) is 13.9 Å². The second-order valence-corrected chi connectivity index (χ2v) is 8.14. The highest BCUT2D eigenvalue weighted by Gasteiger charge is 2.66. The van der Waals surface area contributed by atoms with Crippen LogP contribution in [0.3, 0.4) is 0 Å². The minimum absolute atomic E-state index is 0.0183. The first-order valence-corrected chi connectivity index (χ1v) is 9.34. The van der Waals surface area contributed by atoms with Crippen LogP contribution in [-0.2, 0) is 10.2 Å². The van der Waals surface area contributed by atoms with Gasteiger partial charge < -0.3 is 13.9 Å². The molecule has 1 aliphatic carbocycles. The Morgan fingerprint density at radius 3 is 2.50 bits per heavy atom. The Morgan fingerprint density at radius 1 is 1.27 bits per heavy atom. The predicted octanol–water partition coefficient (Wildman–Crippen LogP) is 4.61. The van der Waals surface area contributed by atoms with Gasteiger partial charge in [-0.15, -0.1) is 0 Å². The summed E-state index contributed by atoms with van der Waals surface area (Å²) in [6.07, 6.45) is 5.58. The van der Waals surface area contributed by atoms with Gasteiger partial charge in [-0.3, -0.25) is 4.79 Å². The van der Waals surface area contributed by atoms with Gasteiger partial charge in [0.25, 0.3) is 5.95 Å². The standard InChI is InChI=1S/C22H30O4/c1-9-10-12(2)17-21(6,11-13(3)18-22(17,7)26-18)19-14(4)16(23)15(5)20(24-8)25-19/h10-11,17-18H,9H2,1-8H3. The van der Waals surface area contributed by atoms with Crippen LogP contribution >= 0.6 is 0 Å². The van der Waals surface area contributed by atoms with Crippen molar-refractivity contribution < 1.29 is 13.9 Å². The van der Waals surface area contributed by atoms with Crippen molar-refractivity contribution in [2.24, 2.45) is 5.92 Å². The molecule has 1 aliphatic heterocycles. The molecule has 4 heteroatoms. The summed E-state index contributed by atoms with van der Waals surface area (Å²) in [6.45, 7) is 14.3. The normalized spacial score (nSPS) is 33.5. The van der Waals surface area contributed by atoms with Crippen LogP contribution in [0.2, 0.25) is 0 Å².